The highest BCUT2D eigenvalue weighted by molar-refractivity contribution is 5.24. The fourth-order valence-corrected chi connectivity index (χ4v) is 4.20. The van der Waals surface area contributed by atoms with Crippen molar-refractivity contribution in [3.05, 3.63) is 141 Å². The van der Waals surface area contributed by atoms with Crippen molar-refractivity contribution >= 4 is 0 Å². The van der Waals surface area contributed by atoms with Crippen LogP contribution in [0.3, 0.4) is 0 Å². The molecule has 0 aliphatic heterocycles. The van der Waals surface area contributed by atoms with Crippen LogP contribution < -0.4 is 0 Å². The number of rotatable bonds is 0. The summed E-state index contributed by atoms with van der Waals surface area (Å²) in [7, 11) is 0. The zero-order valence-corrected chi connectivity index (χ0v) is 28.4. The zero-order valence-electron chi connectivity index (χ0n) is 28.4. The second-order valence-electron chi connectivity index (χ2n) is 12.4. The molecule has 0 atom stereocenters. The molecule has 4 aromatic rings. The van der Waals surface area contributed by atoms with Gasteiger partial charge in [0, 0.05) is 0 Å². The summed E-state index contributed by atoms with van der Waals surface area (Å²) < 4.78 is 50.4. The first-order valence-electron chi connectivity index (χ1n) is 15.5. The lowest BCUT2D eigenvalue weighted by atomic mass is 9.84. The Morgan fingerprint density at radius 2 is 0.636 bits per heavy atom. The predicted octanol–water partition coefficient (Wildman–Crippen LogP) is 12.6. The fraction of sp³-hybridized carbons (Fsp3) is 0.400. The summed E-state index contributed by atoms with van der Waals surface area (Å²) in [6.07, 6.45) is 5.89. The van der Waals surface area contributed by atoms with Crippen molar-refractivity contribution in [3.63, 3.8) is 0 Å². The molecule has 1 saturated carbocycles. The summed E-state index contributed by atoms with van der Waals surface area (Å²) in [5, 5.41) is 0. The lowest BCUT2D eigenvalue weighted by Gasteiger charge is -2.22. The van der Waals surface area contributed by atoms with Crippen molar-refractivity contribution in [1.82, 2.24) is 0 Å². The predicted molar refractivity (Wildman–Crippen MR) is 180 cm³/mol. The molecule has 0 saturated heterocycles. The van der Waals surface area contributed by atoms with E-state index in [0.29, 0.717) is 22.3 Å². The molecule has 0 N–H and O–H groups in total. The van der Waals surface area contributed by atoms with E-state index in [2.05, 4.69) is 52.0 Å². The molecule has 0 nitrogen and oxygen atoms in total. The average Bonchev–Trinajstić information content (AvgIpc) is 2.98. The summed E-state index contributed by atoms with van der Waals surface area (Å²) in [5.74, 6) is 0.336. The molecule has 4 aromatic carbocycles. The molecule has 1 fully saturated rings. The number of halogens is 4. The third-order valence-corrected chi connectivity index (χ3v) is 7.65. The number of aryl methyl sites for hydroxylation is 8. The highest BCUT2D eigenvalue weighted by atomic mass is 19.2. The lowest BCUT2D eigenvalue weighted by Crippen LogP contribution is -2.08. The maximum absolute atomic E-state index is 12.6. The minimum absolute atomic E-state index is 0.116. The van der Waals surface area contributed by atoms with E-state index >= 15 is 0 Å². The van der Waals surface area contributed by atoms with Gasteiger partial charge in [-0.25, -0.2) is 17.6 Å². The van der Waals surface area contributed by atoms with E-state index in [-0.39, 0.29) is 11.6 Å². The standard InChI is InChI=1S/C8H8F2.2C8H9F.C8H16.C8H10/c1-5-3-4-6(2)8(10)7(5)9;2*1-6-3-4-7(2)8(9)5-6;2*1-7-3-5-8(2)6-4-7/h3-4H,1-2H3;2*3-5H,1-2H3;7-8H,3-6H2,1-2H3;3-6H,1-2H3. The Hall–Kier alpha value is -3.40. The fourth-order valence-electron chi connectivity index (χ4n) is 4.20. The Morgan fingerprint density at radius 3 is 0.886 bits per heavy atom. The van der Waals surface area contributed by atoms with Crippen LogP contribution in [-0.2, 0) is 0 Å². The number of hydrogen-bond donors (Lipinski definition) is 0. The van der Waals surface area contributed by atoms with E-state index in [1.807, 2.05) is 26.0 Å². The van der Waals surface area contributed by atoms with Gasteiger partial charge in [0.05, 0.1) is 0 Å². The zero-order chi connectivity index (χ0) is 33.4. The number of benzene rings is 4. The van der Waals surface area contributed by atoms with Crippen LogP contribution in [0.1, 0.15) is 84.0 Å². The Kier molecular flexibility index (Phi) is 17.4. The summed E-state index contributed by atoms with van der Waals surface area (Å²) >= 11 is 0. The Balaban J connectivity index is 0.000000276. The highest BCUT2D eigenvalue weighted by Gasteiger charge is 2.13. The van der Waals surface area contributed by atoms with Crippen molar-refractivity contribution in [2.75, 3.05) is 0 Å². The molecule has 5 rings (SSSR count). The van der Waals surface area contributed by atoms with Crippen LogP contribution >= 0.6 is 0 Å². The van der Waals surface area contributed by atoms with Crippen LogP contribution in [0.25, 0.3) is 0 Å². The maximum Gasteiger partial charge on any atom is 0.161 e. The van der Waals surface area contributed by atoms with Crippen LogP contribution in [0.4, 0.5) is 17.6 Å². The molecule has 0 heterocycles. The van der Waals surface area contributed by atoms with Gasteiger partial charge in [-0.1, -0.05) is 111 Å². The van der Waals surface area contributed by atoms with E-state index < -0.39 is 11.6 Å². The van der Waals surface area contributed by atoms with Gasteiger partial charge in [0.1, 0.15) is 11.6 Å². The summed E-state index contributed by atoms with van der Waals surface area (Å²) in [6.45, 7) is 19.3. The van der Waals surface area contributed by atoms with Crippen molar-refractivity contribution < 1.29 is 17.6 Å². The second-order valence-corrected chi connectivity index (χ2v) is 12.4. The van der Waals surface area contributed by atoms with Crippen molar-refractivity contribution in [2.24, 2.45) is 11.8 Å². The van der Waals surface area contributed by atoms with E-state index in [0.717, 1.165) is 23.0 Å². The van der Waals surface area contributed by atoms with E-state index in [4.69, 9.17) is 0 Å². The molecular weight excluding hydrogens is 556 g/mol. The van der Waals surface area contributed by atoms with Crippen LogP contribution in [-0.4, -0.2) is 0 Å². The summed E-state index contributed by atoms with van der Waals surface area (Å²) in [6, 6.07) is 22.0. The molecular formula is C40H52F4. The third kappa shape index (κ3) is 15.4. The van der Waals surface area contributed by atoms with Gasteiger partial charge in [-0.15, -0.1) is 0 Å². The topological polar surface area (TPSA) is 0 Å². The molecule has 4 heteroatoms. The molecule has 44 heavy (non-hydrogen) atoms. The monoisotopic (exact) mass is 608 g/mol. The van der Waals surface area contributed by atoms with Gasteiger partial charge in [0.25, 0.3) is 0 Å². The highest BCUT2D eigenvalue weighted by Crippen LogP contribution is 2.27. The molecule has 0 amide bonds. The average molecular weight is 609 g/mol. The maximum atomic E-state index is 12.6. The third-order valence-electron chi connectivity index (χ3n) is 7.65. The van der Waals surface area contributed by atoms with Gasteiger partial charge < -0.3 is 0 Å². The minimum Gasteiger partial charge on any atom is -0.207 e. The first-order chi connectivity index (χ1) is 20.6. The van der Waals surface area contributed by atoms with Gasteiger partial charge in [-0.3, -0.25) is 0 Å². The van der Waals surface area contributed by atoms with Gasteiger partial charge in [0.15, 0.2) is 11.6 Å². The SMILES string of the molecule is CC1CCC(C)CC1.Cc1ccc(C)c(F)c1.Cc1ccc(C)c(F)c1.Cc1ccc(C)c(F)c1F.Cc1ccc(C)cc1. The number of hydrogen-bond acceptors (Lipinski definition) is 0. The summed E-state index contributed by atoms with van der Waals surface area (Å²) in [5.41, 5.74) is 6.72. The van der Waals surface area contributed by atoms with Crippen molar-refractivity contribution in [2.45, 2.75) is 94.9 Å². The molecule has 240 valence electrons. The lowest BCUT2D eigenvalue weighted by molar-refractivity contribution is 0.308. The van der Waals surface area contributed by atoms with E-state index in [1.54, 1.807) is 38.1 Å². The molecule has 0 bridgehead atoms. The van der Waals surface area contributed by atoms with Crippen molar-refractivity contribution in [1.29, 1.82) is 0 Å². The normalized spacial score (nSPS) is 15.1. The van der Waals surface area contributed by atoms with E-state index in [9.17, 15) is 17.6 Å². The molecule has 0 spiro atoms. The largest absolute Gasteiger partial charge is 0.207 e. The van der Waals surface area contributed by atoms with Crippen molar-refractivity contribution in [3.8, 4) is 0 Å². The van der Waals surface area contributed by atoms with Crippen LogP contribution in [0.5, 0.6) is 0 Å². The van der Waals surface area contributed by atoms with Gasteiger partial charge in [-0.05, 0) is 113 Å². The second kappa shape index (κ2) is 19.8. The van der Waals surface area contributed by atoms with Crippen LogP contribution in [0.15, 0.2) is 72.8 Å². The van der Waals surface area contributed by atoms with Crippen LogP contribution in [0, 0.1) is 90.5 Å². The Labute approximate surface area is 264 Å². The molecule has 0 unspecified atom stereocenters. The molecule has 0 aromatic heterocycles. The summed E-state index contributed by atoms with van der Waals surface area (Å²) in [4.78, 5) is 0. The Bertz CT molecular complexity index is 1290. The quantitative estimate of drug-likeness (QED) is 0.174. The first kappa shape index (κ1) is 38.6. The smallest absolute Gasteiger partial charge is 0.161 e. The van der Waals surface area contributed by atoms with Crippen LogP contribution in [0.2, 0.25) is 0 Å². The van der Waals surface area contributed by atoms with Gasteiger partial charge in [0.2, 0.25) is 0 Å². The van der Waals surface area contributed by atoms with E-state index in [1.165, 1.54) is 62.8 Å². The molecule has 1 aliphatic carbocycles. The Morgan fingerprint density at radius 1 is 0.386 bits per heavy atom. The molecule has 0 radical (unpaired) electrons. The van der Waals surface area contributed by atoms with Gasteiger partial charge >= 0.3 is 0 Å². The molecule has 1 aliphatic rings. The van der Waals surface area contributed by atoms with Gasteiger partial charge in [-0.2, -0.15) is 0 Å². The minimum atomic E-state index is -0.736. The first-order valence-corrected chi connectivity index (χ1v) is 15.5.